The van der Waals surface area contributed by atoms with Crippen LogP contribution in [-0.4, -0.2) is 31.4 Å². The molecule has 0 bridgehead atoms. The number of halogens is 2. The predicted octanol–water partition coefficient (Wildman–Crippen LogP) is 3.77. The molecule has 136 valence electrons. The monoisotopic (exact) mass is 394 g/mol. The van der Waals surface area contributed by atoms with Gasteiger partial charge in [-0.15, -0.1) is 0 Å². The maximum Gasteiger partial charge on any atom is 0.337 e. The van der Waals surface area contributed by atoms with E-state index in [4.69, 9.17) is 23.2 Å². The zero-order valence-corrected chi connectivity index (χ0v) is 15.6. The van der Waals surface area contributed by atoms with Crippen LogP contribution in [0.1, 0.15) is 17.3 Å². The van der Waals surface area contributed by atoms with E-state index in [1.807, 2.05) is 0 Å². The molecule has 0 aliphatic heterocycles. The summed E-state index contributed by atoms with van der Waals surface area (Å²) in [5.74, 6) is -1.26. The van der Waals surface area contributed by atoms with Crippen molar-refractivity contribution in [1.82, 2.24) is 0 Å². The minimum Gasteiger partial charge on any atom is -0.465 e. The van der Waals surface area contributed by atoms with Gasteiger partial charge in [0.15, 0.2) is 0 Å². The Kier molecular flexibility index (Phi) is 6.60. The highest BCUT2D eigenvalue weighted by Gasteiger charge is 2.17. The highest BCUT2D eigenvalue weighted by atomic mass is 35.5. The largest absolute Gasteiger partial charge is 0.465 e. The number of benzene rings is 2. The Hall–Kier alpha value is -2.57. The first-order chi connectivity index (χ1) is 12.3. The number of nitrogens with one attached hydrogen (secondary N) is 1. The van der Waals surface area contributed by atoms with Crippen molar-refractivity contribution in [1.29, 1.82) is 0 Å². The fourth-order valence-corrected chi connectivity index (χ4v) is 2.56. The molecule has 0 aromatic heterocycles. The molecule has 0 atom stereocenters. The number of hydrogen-bond acceptors (Lipinski definition) is 4. The molecule has 0 aliphatic carbocycles. The lowest BCUT2D eigenvalue weighted by Crippen LogP contribution is -2.36. The van der Waals surface area contributed by atoms with E-state index in [-0.39, 0.29) is 17.5 Å². The molecule has 0 unspecified atom stereocenters. The van der Waals surface area contributed by atoms with Crippen LogP contribution >= 0.6 is 23.2 Å². The lowest BCUT2D eigenvalue weighted by atomic mass is 10.2. The van der Waals surface area contributed by atoms with Crippen LogP contribution in [-0.2, 0) is 14.3 Å². The Morgan fingerprint density at radius 2 is 1.73 bits per heavy atom. The second-order valence-corrected chi connectivity index (χ2v) is 6.08. The van der Waals surface area contributed by atoms with Gasteiger partial charge >= 0.3 is 5.97 Å². The van der Waals surface area contributed by atoms with Crippen molar-refractivity contribution in [3.63, 3.8) is 0 Å². The number of methoxy groups -OCH3 is 1. The summed E-state index contributed by atoms with van der Waals surface area (Å²) in [6, 6.07) is 11.0. The standard InChI is InChI=1S/C18H16Cl2N2O4/c1-11(23)22(13-8-6-12(7-9-13)18(25)26-2)10-16(24)21-15-5-3-4-14(19)17(15)20/h3-9H,10H2,1-2H3,(H,21,24). The first-order valence-electron chi connectivity index (χ1n) is 7.54. The molecule has 1 N–H and O–H groups in total. The van der Waals surface area contributed by atoms with Crippen LogP contribution in [0.2, 0.25) is 10.0 Å². The number of esters is 1. The van der Waals surface area contributed by atoms with E-state index in [0.29, 0.717) is 22.0 Å². The third kappa shape index (κ3) is 4.74. The van der Waals surface area contributed by atoms with Gasteiger partial charge in [-0.2, -0.15) is 0 Å². The summed E-state index contributed by atoms with van der Waals surface area (Å²) < 4.78 is 4.63. The van der Waals surface area contributed by atoms with E-state index in [9.17, 15) is 14.4 Å². The lowest BCUT2D eigenvalue weighted by molar-refractivity contribution is -0.120. The molecule has 0 saturated heterocycles. The summed E-state index contributed by atoms with van der Waals surface area (Å²) in [5.41, 5.74) is 1.17. The van der Waals surface area contributed by atoms with Gasteiger partial charge < -0.3 is 15.0 Å². The van der Waals surface area contributed by atoms with Gasteiger partial charge in [0.2, 0.25) is 11.8 Å². The Balaban J connectivity index is 2.15. The molecule has 0 radical (unpaired) electrons. The summed E-state index contributed by atoms with van der Waals surface area (Å²) in [4.78, 5) is 37.0. The zero-order chi connectivity index (χ0) is 19.3. The van der Waals surface area contributed by atoms with Crippen LogP contribution in [0.5, 0.6) is 0 Å². The number of carbonyl (C=O) groups is 3. The normalized spacial score (nSPS) is 10.2. The summed E-state index contributed by atoms with van der Waals surface area (Å²) in [7, 11) is 1.28. The van der Waals surface area contributed by atoms with E-state index in [1.165, 1.54) is 31.1 Å². The van der Waals surface area contributed by atoms with Crippen molar-refractivity contribution in [3.8, 4) is 0 Å². The quantitative estimate of drug-likeness (QED) is 0.782. The number of carbonyl (C=O) groups excluding carboxylic acids is 3. The summed E-state index contributed by atoms with van der Waals surface area (Å²) in [6.07, 6.45) is 0. The molecule has 8 heteroatoms. The Labute approximate surface area is 160 Å². The van der Waals surface area contributed by atoms with E-state index in [1.54, 1.807) is 30.3 Å². The molecule has 0 saturated carbocycles. The van der Waals surface area contributed by atoms with Crippen molar-refractivity contribution in [2.75, 3.05) is 23.9 Å². The maximum absolute atomic E-state index is 12.3. The lowest BCUT2D eigenvalue weighted by Gasteiger charge is -2.21. The summed E-state index contributed by atoms with van der Waals surface area (Å²) in [6.45, 7) is 1.11. The minimum absolute atomic E-state index is 0.222. The van der Waals surface area contributed by atoms with Gasteiger partial charge in [-0.1, -0.05) is 29.3 Å². The molecule has 2 rings (SSSR count). The van der Waals surface area contributed by atoms with Crippen LogP contribution < -0.4 is 10.2 Å². The van der Waals surface area contributed by atoms with Gasteiger partial charge in [-0.25, -0.2) is 4.79 Å². The molecular weight excluding hydrogens is 379 g/mol. The van der Waals surface area contributed by atoms with Crippen molar-refractivity contribution in [2.45, 2.75) is 6.92 Å². The smallest absolute Gasteiger partial charge is 0.337 e. The average molecular weight is 395 g/mol. The van der Waals surface area contributed by atoms with Gasteiger partial charge in [0.05, 0.1) is 28.4 Å². The molecule has 0 spiro atoms. The van der Waals surface area contributed by atoms with E-state index in [0.717, 1.165) is 0 Å². The third-order valence-electron chi connectivity index (χ3n) is 3.51. The predicted molar refractivity (Wildman–Crippen MR) is 101 cm³/mol. The van der Waals surface area contributed by atoms with Gasteiger partial charge in [-0.05, 0) is 36.4 Å². The van der Waals surface area contributed by atoms with Gasteiger partial charge in [0.25, 0.3) is 0 Å². The fraction of sp³-hybridized carbons (Fsp3) is 0.167. The van der Waals surface area contributed by atoms with Crippen LogP contribution in [0.15, 0.2) is 42.5 Å². The Bertz CT molecular complexity index is 838. The molecule has 2 amide bonds. The molecule has 2 aromatic rings. The van der Waals surface area contributed by atoms with E-state index < -0.39 is 11.9 Å². The Morgan fingerprint density at radius 1 is 1.08 bits per heavy atom. The first kappa shape index (κ1) is 19.8. The zero-order valence-electron chi connectivity index (χ0n) is 14.1. The van der Waals surface area contributed by atoms with Crippen LogP contribution in [0.25, 0.3) is 0 Å². The molecular formula is C18H16Cl2N2O4. The van der Waals surface area contributed by atoms with Crippen molar-refractivity contribution >= 4 is 52.4 Å². The van der Waals surface area contributed by atoms with Crippen LogP contribution in [0, 0.1) is 0 Å². The van der Waals surface area contributed by atoms with Gasteiger partial charge in [0.1, 0.15) is 6.54 Å². The molecule has 0 fully saturated rings. The SMILES string of the molecule is COC(=O)c1ccc(N(CC(=O)Nc2cccc(Cl)c2Cl)C(C)=O)cc1. The second-order valence-electron chi connectivity index (χ2n) is 5.29. The number of rotatable bonds is 5. The third-order valence-corrected chi connectivity index (χ3v) is 4.33. The fourth-order valence-electron chi connectivity index (χ4n) is 2.21. The van der Waals surface area contributed by atoms with Crippen molar-refractivity contribution < 1.29 is 19.1 Å². The number of ether oxygens (including phenoxy) is 1. The summed E-state index contributed by atoms with van der Waals surface area (Å²) >= 11 is 12.0. The molecule has 6 nitrogen and oxygen atoms in total. The second kappa shape index (κ2) is 8.69. The van der Waals surface area contributed by atoms with E-state index in [2.05, 4.69) is 10.1 Å². The van der Waals surface area contributed by atoms with Crippen LogP contribution in [0.4, 0.5) is 11.4 Å². The molecule has 0 heterocycles. The highest BCUT2D eigenvalue weighted by molar-refractivity contribution is 6.44. The number of amides is 2. The Morgan fingerprint density at radius 3 is 2.31 bits per heavy atom. The van der Waals surface area contributed by atoms with Crippen molar-refractivity contribution in [2.24, 2.45) is 0 Å². The van der Waals surface area contributed by atoms with Gasteiger partial charge in [0, 0.05) is 12.6 Å². The maximum atomic E-state index is 12.3. The highest BCUT2D eigenvalue weighted by Crippen LogP contribution is 2.29. The number of hydrogen-bond donors (Lipinski definition) is 1. The average Bonchev–Trinajstić information content (AvgIpc) is 2.63. The van der Waals surface area contributed by atoms with Crippen LogP contribution in [0.3, 0.4) is 0 Å². The van der Waals surface area contributed by atoms with Crippen molar-refractivity contribution in [3.05, 3.63) is 58.1 Å². The van der Waals surface area contributed by atoms with E-state index >= 15 is 0 Å². The topological polar surface area (TPSA) is 75.7 Å². The molecule has 26 heavy (non-hydrogen) atoms. The van der Waals surface area contributed by atoms with Gasteiger partial charge in [-0.3, -0.25) is 9.59 Å². The first-order valence-corrected chi connectivity index (χ1v) is 8.29. The minimum atomic E-state index is -0.487. The number of anilines is 2. The molecule has 0 aliphatic rings. The number of nitrogens with zero attached hydrogens (tertiary/aromatic N) is 1. The summed E-state index contributed by atoms with van der Waals surface area (Å²) in [5, 5.41) is 3.15. The molecule has 2 aromatic carbocycles.